The van der Waals surface area contributed by atoms with E-state index in [9.17, 15) is 9.59 Å². The van der Waals surface area contributed by atoms with E-state index < -0.39 is 0 Å². The van der Waals surface area contributed by atoms with Crippen molar-refractivity contribution in [3.8, 4) is 0 Å². The number of imide groups is 1. The van der Waals surface area contributed by atoms with Gasteiger partial charge in [-0.25, -0.2) is 0 Å². The highest BCUT2D eigenvalue weighted by atomic mass is 16.2. The van der Waals surface area contributed by atoms with Crippen LogP contribution in [0.15, 0.2) is 0 Å². The van der Waals surface area contributed by atoms with Gasteiger partial charge in [-0.3, -0.25) is 14.5 Å². The van der Waals surface area contributed by atoms with Gasteiger partial charge in [-0.05, 0) is 19.3 Å². The van der Waals surface area contributed by atoms with Crippen molar-refractivity contribution >= 4 is 11.8 Å². The van der Waals surface area contributed by atoms with Gasteiger partial charge in [0.05, 0.1) is 6.04 Å². The van der Waals surface area contributed by atoms with Crippen molar-refractivity contribution in [2.45, 2.75) is 69.9 Å². The lowest BCUT2D eigenvalue weighted by molar-refractivity contribution is -0.148. The maximum Gasteiger partial charge on any atom is 0.246 e. The Morgan fingerprint density at radius 2 is 1.61 bits per heavy atom. The van der Waals surface area contributed by atoms with Crippen LogP contribution in [-0.4, -0.2) is 35.8 Å². The molecular weight excluding hydrogens is 228 g/mol. The highest BCUT2D eigenvalue weighted by molar-refractivity contribution is 6.00. The van der Waals surface area contributed by atoms with Crippen LogP contribution in [0.4, 0.5) is 0 Å². The summed E-state index contributed by atoms with van der Waals surface area (Å²) in [4.78, 5) is 24.7. The van der Waals surface area contributed by atoms with E-state index >= 15 is 0 Å². The van der Waals surface area contributed by atoms with Crippen LogP contribution in [0, 0.1) is 0 Å². The summed E-state index contributed by atoms with van der Waals surface area (Å²) in [5.74, 6) is -0.0935. The molecule has 2 amide bonds. The number of hydrogen-bond acceptors (Lipinski definition) is 3. The second kappa shape index (κ2) is 6.32. The van der Waals surface area contributed by atoms with Gasteiger partial charge in [-0.2, -0.15) is 0 Å². The van der Waals surface area contributed by atoms with Gasteiger partial charge in [0.15, 0.2) is 0 Å². The predicted molar refractivity (Wildman–Crippen MR) is 70.0 cm³/mol. The second-order valence-electron chi connectivity index (χ2n) is 5.59. The Morgan fingerprint density at radius 3 is 2.28 bits per heavy atom. The van der Waals surface area contributed by atoms with Gasteiger partial charge in [0.25, 0.3) is 0 Å². The molecule has 0 bridgehead atoms. The molecular formula is C14H24N2O2. The van der Waals surface area contributed by atoms with E-state index in [-0.39, 0.29) is 17.9 Å². The van der Waals surface area contributed by atoms with Gasteiger partial charge in [-0.15, -0.1) is 0 Å². The third kappa shape index (κ3) is 3.31. The molecule has 2 aliphatic rings. The van der Waals surface area contributed by atoms with Crippen molar-refractivity contribution < 1.29 is 9.59 Å². The number of likely N-dealkylation sites (N-methyl/N-ethyl adjacent to an activating group) is 1. The first-order chi connectivity index (χ1) is 8.68. The minimum absolute atomic E-state index is 0.0456. The number of carbonyl (C=O) groups is 2. The van der Waals surface area contributed by atoms with Gasteiger partial charge in [0, 0.05) is 19.5 Å². The van der Waals surface area contributed by atoms with E-state index in [0.29, 0.717) is 18.9 Å². The molecule has 102 valence electrons. The summed E-state index contributed by atoms with van der Waals surface area (Å²) in [6.07, 6.45) is 9.99. The first kappa shape index (κ1) is 13.5. The third-order valence-electron chi connectivity index (χ3n) is 4.19. The van der Waals surface area contributed by atoms with Crippen molar-refractivity contribution in [3.05, 3.63) is 0 Å². The van der Waals surface area contributed by atoms with Crippen LogP contribution in [0.1, 0.15) is 57.8 Å². The molecule has 1 atom stereocenters. The van der Waals surface area contributed by atoms with Gasteiger partial charge in [-0.1, -0.05) is 32.1 Å². The molecule has 1 saturated heterocycles. The topological polar surface area (TPSA) is 49.4 Å². The third-order valence-corrected chi connectivity index (χ3v) is 4.19. The molecule has 4 nitrogen and oxygen atoms in total. The highest BCUT2D eigenvalue weighted by Gasteiger charge is 2.32. The average molecular weight is 252 g/mol. The quantitative estimate of drug-likeness (QED) is 0.763. The first-order valence-electron chi connectivity index (χ1n) is 7.25. The molecule has 1 unspecified atom stereocenters. The zero-order valence-electron chi connectivity index (χ0n) is 11.3. The Balaban J connectivity index is 1.87. The Hall–Kier alpha value is -0.900. The zero-order chi connectivity index (χ0) is 13.0. The molecule has 4 heteroatoms. The monoisotopic (exact) mass is 252 g/mol. The Morgan fingerprint density at radius 1 is 1.00 bits per heavy atom. The molecule has 18 heavy (non-hydrogen) atoms. The fourth-order valence-corrected chi connectivity index (χ4v) is 2.98. The van der Waals surface area contributed by atoms with Crippen LogP contribution in [0.2, 0.25) is 0 Å². The lowest BCUT2D eigenvalue weighted by Gasteiger charge is -2.32. The van der Waals surface area contributed by atoms with Gasteiger partial charge >= 0.3 is 0 Å². The molecule has 2 fully saturated rings. The lowest BCUT2D eigenvalue weighted by Crippen LogP contribution is -2.54. The van der Waals surface area contributed by atoms with E-state index in [2.05, 4.69) is 5.32 Å². The van der Waals surface area contributed by atoms with Gasteiger partial charge in [0.2, 0.25) is 11.8 Å². The smallest absolute Gasteiger partial charge is 0.246 e. The van der Waals surface area contributed by atoms with E-state index in [1.807, 2.05) is 0 Å². The lowest BCUT2D eigenvalue weighted by atomic mass is 9.95. The number of nitrogens with one attached hydrogen (secondary N) is 1. The Labute approximate surface area is 109 Å². The summed E-state index contributed by atoms with van der Waals surface area (Å²) < 4.78 is 0. The van der Waals surface area contributed by atoms with Crippen molar-refractivity contribution in [2.75, 3.05) is 7.05 Å². The Kier molecular flexibility index (Phi) is 4.75. The molecule has 0 aromatic carbocycles. The normalized spacial score (nSPS) is 28.1. The van der Waals surface area contributed by atoms with Crippen molar-refractivity contribution in [1.29, 1.82) is 0 Å². The van der Waals surface area contributed by atoms with Crippen LogP contribution in [0.25, 0.3) is 0 Å². The number of piperidine rings is 1. The number of amides is 2. The van der Waals surface area contributed by atoms with Crippen LogP contribution >= 0.6 is 0 Å². The number of hydrogen-bond donors (Lipinski definition) is 1. The Bertz CT molecular complexity index is 309. The standard InChI is InChI=1S/C14H24N2O2/c1-16-13(17)10-9-12(14(16)18)15-11-7-5-3-2-4-6-8-11/h11-12,15H,2-10H2,1H3. The molecule has 0 spiro atoms. The van der Waals surface area contributed by atoms with E-state index in [1.54, 1.807) is 7.05 Å². The van der Waals surface area contributed by atoms with Crippen LogP contribution < -0.4 is 5.32 Å². The highest BCUT2D eigenvalue weighted by Crippen LogP contribution is 2.19. The van der Waals surface area contributed by atoms with Crippen LogP contribution in [-0.2, 0) is 9.59 Å². The van der Waals surface area contributed by atoms with Crippen molar-refractivity contribution in [3.63, 3.8) is 0 Å². The van der Waals surface area contributed by atoms with E-state index in [1.165, 1.54) is 49.8 Å². The maximum atomic E-state index is 12.0. The predicted octanol–water partition coefficient (Wildman–Crippen LogP) is 1.84. The molecule has 1 aliphatic heterocycles. The summed E-state index contributed by atoms with van der Waals surface area (Å²) in [5, 5.41) is 3.48. The number of likely N-dealkylation sites (tertiary alicyclic amines) is 1. The van der Waals surface area contributed by atoms with Crippen molar-refractivity contribution in [2.24, 2.45) is 0 Å². The summed E-state index contributed by atoms with van der Waals surface area (Å²) in [6.45, 7) is 0. The van der Waals surface area contributed by atoms with Crippen LogP contribution in [0.3, 0.4) is 0 Å². The average Bonchev–Trinajstić information content (AvgIpc) is 2.32. The largest absolute Gasteiger partial charge is 0.303 e. The molecule has 1 aliphatic carbocycles. The summed E-state index contributed by atoms with van der Waals surface area (Å²) in [5.41, 5.74) is 0. The molecule has 1 saturated carbocycles. The van der Waals surface area contributed by atoms with Crippen LogP contribution in [0.5, 0.6) is 0 Å². The SMILES string of the molecule is CN1C(=O)CCC(NC2CCCCCCC2)C1=O. The molecule has 0 aromatic rings. The molecule has 0 radical (unpaired) electrons. The number of carbonyl (C=O) groups excluding carboxylic acids is 2. The summed E-state index contributed by atoms with van der Waals surface area (Å²) >= 11 is 0. The molecule has 1 heterocycles. The maximum absolute atomic E-state index is 12.0. The fourth-order valence-electron chi connectivity index (χ4n) is 2.98. The fraction of sp³-hybridized carbons (Fsp3) is 0.857. The van der Waals surface area contributed by atoms with Gasteiger partial charge < -0.3 is 5.32 Å². The minimum atomic E-state index is -0.142. The molecule has 1 N–H and O–H groups in total. The van der Waals surface area contributed by atoms with E-state index in [4.69, 9.17) is 0 Å². The van der Waals surface area contributed by atoms with Gasteiger partial charge in [0.1, 0.15) is 0 Å². The second-order valence-corrected chi connectivity index (χ2v) is 5.59. The number of rotatable bonds is 2. The molecule has 2 rings (SSSR count). The van der Waals surface area contributed by atoms with E-state index in [0.717, 1.165) is 0 Å². The van der Waals surface area contributed by atoms with Crippen molar-refractivity contribution in [1.82, 2.24) is 10.2 Å². The number of nitrogens with zero attached hydrogens (tertiary/aromatic N) is 1. The molecule has 0 aromatic heterocycles. The minimum Gasteiger partial charge on any atom is -0.303 e. The summed E-state index contributed by atoms with van der Waals surface area (Å²) in [6, 6.07) is 0.318. The first-order valence-corrected chi connectivity index (χ1v) is 7.25. The summed E-state index contributed by atoms with van der Waals surface area (Å²) in [7, 11) is 1.59. The zero-order valence-corrected chi connectivity index (χ0v) is 11.3.